The number of rotatable bonds is 4. The Bertz CT molecular complexity index is 807. The molecule has 7 nitrogen and oxygen atoms in total. The summed E-state index contributed by atoms with van der Waals surface area (Å²) in [4.78, 5) is 26.7. The summed E-state index contributed by atoms with van der Waals surface area (Å²) in [6, 6.07) is 1.59. The molecule has 3 rings (SSSR count). The third-order valence-corrected chi connectivity index (χ3v) is 5.08. The fraction of sp³-hybridized carbons (Fsp3) is 0.500. The Morgan fingerprint density at radius 3 is 2.81 bits per heavy atom. The second-order valence-electron chi connectivity index (χ2n) is 6.77. The van der Waals surface area contributed by atoms with Gasteiger partial charge in [0.05, 0.1) is 17.3 Å². The molecule has 0 aromatic carbocycles. The number of halogens is 1. The van der Waals surface area contributed by atoms with Gasteiger partial charge < -0.3 is 19.3 Å². The van der Waals surface area contributed by atoms with Crippen LogP contribution in [0.15, 0.2) is 16.8 Å². The smallest absolute Gasteiger partial charge is 0.268 e. The van der Waals surface area contributed by atoms with Gasteiger partial charge in [-0.05, 0) is 32.8 Å². The summed E-state index contributed by atoms with van der Waals surface area (Å²) >= 11 is 5.95. The molecule has 0 aliphatic carbocycles. The first-order valence-corrected chi connectivity index (χ1v) is 9.05. The van der Waals surface area contributed by atoms with E-state index in [9.17, 15) is 9.59 Å². The number of nitrogens with zero attached hydrogens (tertiary/aromatic N) is 3. The summed E-state index contributed by atoms with van der Waals surface area (Å²) in [5.41, 5.74) is 2.28. The first-order valence-electron chi connectivity index (χ1n) is 8.67. The van der Waals surface area contributed by atoms with Gasteiger partial charge in [-0.3, -0.25) is 9.59 Å². The fourth-order valence-electron chi connectivity index (χ4n) is 3.28. The van der Waals surface area contributed by atoms with Crippen molar-refractivity contribution in [2.75, 3.05) is 6.54 Å². The van der Waals surface area contributed by atoms with Crippen LogP contribution < -0.4 is 5.32 Å². The van der Waals surface area contributed by atoms with Gasteiger partial charge in [0.2, 0.25) is 5.91 Å². The average molecular weight is 379 g/mol. The van der Waals surface area contributed by atoms with Crippen LogP contribution in [0.25, 0.3) is 0 Å². The van der Waals surface area contributed by atoms with Gasteiger partial charge in [-0.1, -0.05) is 16.8 Å². The van der Waals surface area contributed by atoms with Crippen LogP contribution in [0.1, 0.15) is 46.8 Å². The molecule has 0 saturated carbocycles. The number of aromatic nitrogens is 2. The molecule has 2 aromatic rings. The van der Waals surface area contributed by atoms with Crippen molar-refractivity contribution in [2.24, 2.45) is 7.05 Å². The summed E-state index contributed by atoms with van der Waals surface area (Å²) in [5, 5.41) is 7.50. The van der Waals surface area contributed by atoms with Crippen molar-refractivity contribution >= 4 is 23.4 Å². The maximum absolute atomic E-state index is 12.5. The fourth-order valence-corrected chi connectivity index (χ4v) is 3.53. The summed E-state index contributed by atoms with van der Waals surface area (Å²) in [7, 11) is 1.78. The van der Waals surface area contributed by atoms with E-state index in [1.807, 2.05) is 18.7 Å². The number of amides is 2. The van der Waals surface area contributed by atoms with Gasteiger partial charge in [0.15, 0.2) is 0 Å². The lowest BCUT2D eigenvalue weighted by atomic mass is 10.1. The number of carbonyl (C=O) groups is 2. The molecule has 8 heteroatoms. The van der Waals surface area contributed by atoms with Crippen LogP contribution in [-0.4, -0.2) is 39.0 Å². The molecule has 2 aromatic heterocycles. The van der Waals surface area contributed by atoms with Gasteiger partial charge in [-0.15, -0.1) is 0 Å². The lowest BCUT2D eigenvalue weighted by Gasteiger charge is -2.21. The number of hydrogen-bond acceptors (Lipinski definition) is 4. The number of hydrogen-bond donors (Lipinski definition) is 1. The Hall–Kier alpha value is -2.28. The summed E-state index contributed by atoms with van der Waals surface area (Å²) in [6.45, 7) is 4.81. The normalized spacial score (nSPS) is 18.1. The maximum Gasteiger partial charge on any atom is 0.268 e. The van der Waals surface area contributed by atoms with Gasteiger partial charge >= 0.3 is 0 Å². The molecule has 1 aliphatic rings. The van der Waals surface area contributed by atoms with E-state index in [1.165, 1.54) is 0 Å². The van der Waals surface area contributed by atoms with Gasteiger partial charge in [0.25, 0.3) is 5.91 Å². The van der Waals surface area contributed by atoms with Crippen molar-refractivity contribution in [3.05, 3.63) is 40.0 Å². The highest BCUT2D eigenvalue weighted by Gasteiger charge is 2.26. The van der Waals surface area contributed by atoms with Crippen LogP contribution >= 0.6 is 11.6 Å². The predicted octanol–water partition coefficient (Wildman–Crippen LogP) is 2.59. The Balaban J connectivity index is 1.63. The Kier molecular flexibility index (Phi) is 5.36. The third kappa shape index (κ3) is 3.93. The molecule has 1 saturated heterocycles. The van der Waals surface area contributed by atoms with Crippen molar-refractivity contribution in [2.45, 2.75) is 45.7 Å². The van der Waals surface area contributed by atoms with Gasteiger partial charge in [0, 0.05) is 37.8 Å². The first kappa shape index (κ1) is 18.5. The zero-order chi connectivity index (χ0) is 18.8. The molecule has 1 N–H and O–H groups in total. The Labute approximate surface area is 157 Å². The molecule has 140 valence electrons. The second-order valence-corrected chi connectivity index (χ2v) is 7.21. The minimum atomic E-state index is -0.170. The van der Waals surface area contributed by atoms with E-state index in [4.69, 9.17) is 16.1 Å². The van der Waals surface area contributed by atoms with Crippen LogP contribution in [0.2, 0.25) is 5.02 Å². The van der Waals surface area contributed by atoms with E-state index >= 15 is 0 Å². The standard InChI is InChI=1S/C18H23ClN4O3/c1-11-15(12(2)26-21-11)10-23-7-6-14(4-5-17(23)24)20-18(25)16-8-13(19)9-22(16)3/h8-9,14H,4-7,10H2,1-3H3,(H,20,25). The third-order valence-electron chi connectivity index (χ3n) is 4.88. The molecule has 1 aliphatic heterocycles. The maximum atomic E-state index is 12.5. The molecule has 3 heterocycles. The Morgan fingerprint density at radius 2 is 2.19 bits per heavy atom. The molecular formula is C18H23ClN4O3. The van der Waals surface area contributed by atoms with Crippen molar-refractivity contribution in [3.8, 4) is 0 Å². The topological polar surface area (TPSA) is 80.4 Å². The lowest BCUT2D eigenvalue weighted by molar-refractivity contribution is -0.131. The monoisotopic (exact) mass is 378 g/mol. The number of likely N-dealkylation sites (tertiary alicyclic amines) is 1. The predicted molar refractivity (Wildman–Crippen MR) is 96.9 cm³/mol. The van der Waals surface area contributed by atoms with E-state index in [1.54, 1.807) is 23.9 Å². The molecule has 1 fully saturated rings. The van der Waals surface area contributed by atoms with Crippen molar-refractivity contribution < 1.29 is 14.1 Å². The van der Waals surface area contributed by atoms with Crippen molar-refractivity contribution in [1.82, 2.24) is 19.9 Å². The highest BCUT2D eigenvalue weighted by Crippen LogP contribution is 2.20. The van der Waals surface area contributed by atoms with Crippen LogP contribution in [-0.2, 0) is 18.4 Å². The van der Waals surface area contributed by atoms with Gasteiger partial charge in [-0.25, -0.2) is 0 Å². The molecule has 26 heavy (non-hydrogen) atoms. The minimum absolute atomic E-state index is 0.0465. The minimum Gasteiger partial charge on any atom is -0.361 e. The summed E-state index contributed by atoms with van der Waals surface area (Å²) < 4.78 is 6.88. The van der Waals surface area contributed by atoms with E-state index in [0.29, 0.717) is 43.1 Å². The van der Waals surface area contributed by atoms with Crippen molar-refractivity contribution in [1.29, 1.82) is 0 Å². The van der Waals surface area contributed by atoms with E-state index in [2.05, 4.69) is 10.5 Å². The first-order chi connectivity index (χ1) is 12.3. The SMILES string of the molecule is Cc1noc(C)c1CN1CCC(NC(=O)c2cc(Cl)cn2C)CCC1=O. The van der Waals surface area contributed by atoms with E-state index in [0.717, 1.165) is 17.0 Å². The highest BCUT2D eigenvalue weighted by molar-refractivity contribution is 6.31. The van der Waals surface area contributed by atoms with Crippen LogP contribution in [0.3, 0.4) is 0 Å². The molecular weight excluding hydrogens is 356 g/mol. The van der Waals surface area contributed by atoms with Crippen LogP contribution in [0.5, 0.6) is 0 Å². The van der Waals surface area contributed by atoms with E-state index < -0.39 is 0 Å². The van der Waals surface area contributed by atoms with Crippen molar-refractivity contribution in [3.63, 3.8) is 0 Å². The molecule has 0 radical (unpaired) electrons. The number of nitrogens with one attached hydrogen (secondary N) is 1. The number of aryl methyl sites for hydroxylation is 3. The quantitative estimate of drug-likeness (QED) is 0.886. The largest absolute Gasteiger partial charge is 0.361 e. The lowest BCUT2D eigenvalue weighted by Crippen LogP contribution is -2.36. The zero-order valence-electron chi connectivity index (χ0n) is 15.2. The highest BCUT2D eigenvalue weighted by atomic mass is 35.5. The summed E-state index contributed by atoms with van der Waals surface area (Å²) in [5.74, 6) is 0.657. The zero-order valence-corrected chi connectivity index (χ0v) is 16.0. The second kappa shape index (κ2) is 7.53. The molecule has 1 atom stereocenters. The average Bonchev–Trinajstić information content (AvgIpc) is 3.03. The van der Waals surface area contributed by atoms with Gasteiger partial charge in [0.1, 0.15) is 11.5 Å². The van der Waals surface area contributed by atoms with Crippen LogP contribution in [0.4, 0.5) is 0 Å². The summed E-state index contributed by atoms with van der Waals surface area (Å²) in [6.07, 6.45) is 3.43. The van der Waals surface area contributed by atoms with Crippen LogP contribution in [0, 0.1) is 13.8 Å². The molecule has 1 unspecified atom stereocenters. The van der Waals surface area contributed by atoms with Gasteiger partial charge in [-0.2, -0.15) is 0 Å². The molecule has 0 spiro atoms. The molecule has 0 bridgehead atoms. The number of carbonyl (C=O) groups excluding carboxylic acids is 2. The van der Waals surface area contributed by atoms with E-state index in [-0.39, 0.29) is 17.9 Å². The Morgan fingerprint density at radius 1 is 1.42 bits per heavy atom. The molecule has 2 amide bonds.